The van der Waals surface area contributed by atoms with Crippen molar-refractivity contribution in [3.05, 3.63) is 103 Å². The number of aromatic nitrogens is 3. The fourth-order valence-corrected chi connectivity index (χ4v) is 4.16. The molecule has 2 aromatic carbocycles. The van der Waals surface area contributed by atoms with E-state index < -0.39 is 0 Å². The molecule has 0 unspecified atom stereocenters. The summed E-state index contributed by atoms with van der Waals surface area (Å²) >= 11 is 1.38. The molecule has 0 fully saturated rings. The van der Waals surface area contributed by atoms with E-state index in [4.69, 9.17) is 4.42 Å². The van der Waals surface area contributed by atoms with Gasteiger partial charge in [0.2, 0.25) is 11.7 Å². The Labute approximate surface area is 191 Å². The third kappa shape index (κ3) is 5.36. The van der Waals surface area contributed by atoms with Crippen LogP contribution in [0.4, 0.5) is 0 Å². The molecular weight excluding hydrogens is 420 g/mol. The third-order valence-electron chi connectivity index (χ3n) is 4.89. The number of hydrogen-bond acceptors (Lipinski definition) is 5. The summed E-state index contributed by atoms with van der Waals surface area (Å²) < 4.78 is 7.54. The van der Waals surface area contributed by atoms with Crippen molar-refractivity contribution < 1.29 is 9.21 Å². The van der Waals surface area contributed by atoms with Gasteiger partial charge >= 0.3 is 0 Å². The first-order chi connectivity index (χ1) is 15.7. The van der Waals surface area contributed by atoms with Gasteiger partial charge in [0.1, 0.15) is 0 Å². The topological polar surface area (TPSA) is 64.2 Å². The van der Waals surface area contributed by atoms with E-state index in [9.17, 15) is 4.79 Å². The number of rotatable bonds is 10. The average molecular weight is 445 g/mol. The summed E-state index contributed by atoms with van der Waals surface area (Å²) in [4.78, 5) is 14.8. The maximum absolute atomic E-state index is 13.0. The minimum atomic E-state index is 0.0209. The highest BCUT2D eigenvalue weighted by Gasteiger charge is 2.19. The second kappa shape index (κ2) is 10.6. The Bertz CT molecular complexity index is 1140. The normalized spacial score (nSPS) is 10.8. The number of carbonyl (C=O) groups is 1. The fourth-order valence-electron chi connectivity index (χ4n) is 3.32. The standard InChI is InChI=1S/C25H24N4O2S/c1-2-15-28(17-20-10-5-3-6-11-20)23(30)19-32-25-27-26-24(22-14-9-16-31-22)29(25)18-21-12-7-4-8-13-21/h2-14,16H,1,15,17-19H2. The molecule has 0 aliphatic rings. The van der Waals surface area contributed by atoms with Gasteiger partial charge in [-0.3, -0.25) is 9.36 Å². The number of amides is 1. The zero-order chi connectivity index (χ0) is 22.2. The number of hydrogen-bond donors (Lipinski definition) is 0. The number of carbonyl (C=O) groups excluding carboxylic acids is 1. The van der Waals surface area contributed by atoms with Crippen LogP contribution in [0.2, 0.25) is 0 Å². The van der Waals surface area contributed by atoms with Gasteiger partial charge in [-0.1, -0.05) is 78.5 Å². The Kier molecular flexibility index (Phi) is 7.19. The quantitative estimate of drug-likeness (QED) is 0.257. The Morgan fingerprint density at radius 2 is 1.72 bits per heavy atom. The molecule has 0 aliphatic carbocycles. The minimum absolute atomic E-state index is 0.0209. The molecule has 0 atom stereocenters. The molecule has 4 rings (SSSR count). The van der Waals surface area contributed by atoms with Crippen LogP contribution in [-0.4, -0.2) is 37.9 Å². The molecule has 0 radical (unpaired) electrons. The van der Waals surface area contributed by atoms with Gasteiger partial charge in [-0.15, -0.1) is 16.8 Å². The van der Waals surface area contributed by atoms with Crippen molar-refractivity contribution >= 4 is 17.7 Å². The SMILES string of the molecule is C=CCN(Cc1ccccc1)C(=O)CSc1nnc(-c2ccco2)n1Cc1ccccc1. The minimum Gasteiger partial charge on any atom is -0.461 e. The summed E-state index contributed by atoms with van der Waals surface area (Å²) in [6.07, 6.45) is 3.36. The average Bonchev–Trinajstić information content (AvgIpc) is 3.49. The summed E-state index contributed by atoms with van der Waals surface area (Å²) in [5.74, 6) is 1.56. The number of benzene rings is 2. The van der Waals surface area contributed by atoms with Crippen molar-refractivity contribution in [3.8, 4) is 11.6 Å². The first-order valence-corrected chi connectivity index (χ1v) is 11.3. The molecule has 2 aromatic heterocycles. The maximum atomic E-state index is 13.0. The lowest BCUT2D eigenvalue weighted by Gasteiger charge is -2.21. The van der Waals surface area contributed by atoms with Gasteiger partial charge in [0.05, 0.1) is 18.6 Å². The first-order valence-electron chi connectivity index (χ1n) is 10.3. The van der Waals surface area contributed by atoms with Gasteiger partial charge in [0.25, 0.3) is 0 Å². The van der Waals surface area contributed by atoms with Crippen molar-refractivity contribution in [2.45, 2.75) is 18.2 Å². The Balaban J connectivity index is 1.51. The van der Waals surface area contributed by atoms with Crippen LogP contribution in [0.1, 0.15) is 11.1 Å². The first kappa shape index (κ1) is 21.6. The molecular formula is C25H24N4O2S. The highest BCUT2D eigenvalue weighted by atomic mass is 32.2. The lowest BCUT2D eigenvalue weighted by Crippen LogP contribution is -2.32. The number of thioether (sulfide) groups is 1. The van der Waals surface area contributed by atoms with E-state index in [1.807, 2.05) is 65.2 Å². The van der Waals surface area contributed by atoms with Crippen LogP contribution in [0, 0.1) is 0 Å². The van der Waals surface area contributed by atoms with E-state index in [2.05, 4.69) is 28.9 Å². The third-order valence-corrected chi connectivity index (χ3v) is 5.84. The largest absolute Gasteiger partial charge is 0.461 e. The van der Waals surface area contributed by atoms with Crippen molar-refractivity contribution in [1.82, 2.24) is 19.7 Å². The van der Waals surface area contributed by atoms with Gasteiger partial charge in [-0.05, 0) is 23.3 Å². The molecule has 1 amide bonds. The monoisotopic (exact) mass is 444 g/mol. The van der Waals surface area contributed by atoms with E-state index in [1.165, 1.54) is 11.8 Å². The van der Waals surface area contributed by atoms with Crippen LogP contribution in [0.25, 0.3) is 11.6 Å². The van der Waals surface area contributed by atoms with Crippen molar-refractivity contribution in [1.29, 1.82) is 0 Å². The van der Waals surface area contributed by atoms with Gasteiger partial charge in [-0.2, -0.15) is 0 Å². The zero-order valence-electron chi connectivity index (χ0n) is 17.6. The van der Waals surface area contributed by atoms with Gasteiger partial charge < -0.3 is 9.32 Å². The summed E-state index contributed by atoms with van der Waals surface area (Å²) in [5, 5.41) is 9.37. The maximum Gasteiger partial charge on any atom is 0.233 e. The molecule has 7 heteroatoms. The Morgan fingerprint density at radius 3 is 2.38 bits per heavy atom. The lowest BCUT2D eigenvalue weighted by molar-refractivity contribution is -0.128. The second-order valence-corrected chi connectivity index (χ2v) is 8.13. The van der Waals surface area contributed by atoms with E-state index in [0.717, 1.165) is 11.1 Å². The summed E-state index contributed by atoms with van der Waals surface area (Å²) in [6.45, 7) is 5.41. The molecule has 0 saturated heterocycles. The van der Waals surface area contributed by atoms with Crippen LogP contribution in [0.5, 0.6) is 0 Å². The highest BCUT2D eigenvalue weighted by Crippen LogP contribution is 2.26. The predicted molar refractivity (Wildman–Crippen MR) is 126 cm³/mol. The van der Waals surface area contributed by atoms with Crippen LogP contribution < -0.4 is 0 Å². The molecule has 0 aliphatic heterocycles. The zero-order valence-corrected chi connectivity index (χ0v) is 18.4. The van der Waals surface area contributed by atoms with E-state index in [0.29, 0.717) is 36.4 Å². The molecule has 6 nitrogen and oxygen atoms in total. The van der Waals surface area contributed by atoms with Crippen LogP contribution in [0.3, 0.4) is 0 Å². The fraction of sp³-hybridized carbons (Fsp3) is 0.160. The van der Waals surface area contributed by atoms with Gasteiger partial charge in [0, 0.05) is 13.1 Å². The molecule has 162 valence electrons. The summed E-state index contributed by atoms with van der Waals surface area (Å²) in [5.41, 5.74) is 2.20. The van der Waals surface area contributed by atoms with Gasteiger partial charge in [-0.25, -0.2) is 0 Å². The van der Waals surface area contributed by atoms with E-state index >= 15 is 0 Å². The van der Waals surface area contributed by atoms with Gasteiger partial charge in [0.15, 0.2) is 10.9 Å². The molecule has 0 N–H and O–H groups in total. The number of furan rings is 1. The Morgan fingerprint density at radius 1 is 1.00 bits per heavy atom. The molecule has 2 heterocycles. The number of nitrogens with zero attached hydrogens (tertiary/aromatic N) is 4. The molecule has 0 bridgehead atoms. The van der Waals surface area contributed by atoms with Crippen molar-refractivity contribution in [3.63, 3.8) is 0 Å². The smallest absolute Gasteiger partial charge is 0.233 e. The Hall–Kier alpha value is -3.58. The molecule has 0 saturated carbocycles. The van der Waals surface area contributed by atoms with Crippen LogP contribution >= 0.6 is 11.8 Å². The predicted octanol–water partition coefficient (Wildman–Crippen LogP) is 4.89. The molecule has 4 aromatic rings. The van der Waals surface area contributed by atoms with Crippen molar-refractivity contribution in [2.75, 3.05) is 12.3 Å². The lowest BCUT2D eigenvalue weighted by atomic mass is 10.2. The van der Waals surface area contributed by atoms with E-state index in [1.54, 1.807) is 17.2 Å². The van der Waals surface area contributed by atoms with Crippen LogP contribution in [-0.2, 0) is 17.9 Å². The van der Waals surface area contributed by atoms with Crippen LogP contribution in [0.15, 0.2) is 101 Å². The molecule has 0 spiro atoms. The summed E-state index contributed by atoms with van der Waals surface area (Å²) in [7, 11) is 0. The second-order valence-electron chi connectivity index (χ2n) is 7.19. The molecule has 32 heavy (non-hydrogen) atoms. The van der Waals surface area contributed by atoms with Crippen molar-refractivity contribution in [2.24, 2.45) is 0 Å². The van der Waals surface area contributed by atoms with E-state index in [-0.39, 0.29) is 11.7 Å². The highest BCUT2D eigenvalue weighted by molar-refractivity contribution is 7.99. The summed E-state index contributed by atoms with van der Waals surface area (Å²) in [6, 6.07) is 23.7.